The SMILES string of the molecule is COCCCOc1cc(CC(CC(N)C(O)CC(C(=O)NCC2C3CCCOC32)C(C)C)C(C)C)ccc1OC. The number of nitrogens with one attached hydrogen (secondary N) is 1. The van der Waals surface area contributed by atoms with Crippen molar-refractivity contribution in [1.29, 1.82) is 0 Å². The van der Waals surface area contributed by atoms with Crippen molar-refractivity contribution >= 4 is 5.91 Å². The fraction of sp³-hybridized carbons (Fsp3) is 0.781. The lowest BCUT2D eigenvalue weighted by Gasteiger charge is -2.30. The number of ether oxygens (including phenoxy) is 4. The Hall–Kier alpha value is -1.87. The van der Waals surface area contributed by atoms with Crippen molar-refractivity contribution in [1.82, 2.24) is 5.32 Å². The molecule has 1 saturated heterocycles. The van der Waals surface area contributed by atoms with Gasteiger partial charge in [0.15, 0.2) is 11.5 Å². The predicted octanol–water partition coefficient (Wildman–Crippen LogP) is 4.21. The third-order valence-electron chi connectivity index (χ3n) is 8.88. The number of aliphatic hydroxyl groups is 1. The number of rotatable bonds is 18. The van der Waals surface area contributed by atoms with Crippen LogP contribution in [-0.4, -0.2) is 69.8 Å². The van der Waals surface area contributed by atoms with Crippen LogP contribution in [0.3, 0.4) is 0 Å². The number of fused-ring (bicyclic) bond motifs is 1. The molecule has 1 amide bonds. The molecule has 1 aromatic rings. The molecular formula is C32H54N2O6. The molecule has 2 fully saturated rings. The lowest BCUT2D eigenvalue weighted by atomic mass is 9.81. The van der Waals surface area contributed by atoms with Crippen LogP contribution >= 0.6 is 0 Å². The minimum absolute atomic E-state index is 0.0153. The second kappa shape index (κ2) is 15.9. The van der Waals surface area contributed by atoms with Crippen molar-refractivity contribution in [3.05, 3.63) is 23.8 Å². The molecule has 0 bridgehead atoms. The average molecular weight is 563 g/mol. The highest BCUT2D eigenvalue weighted by atomic mass is 16.5. The molecule has 1 aliphatic heterocycles. The number of nitrogens with two attached hydrogens (primary N) is 1. The molecule has 7 unspecified atom stereocenters. The van der Waals surface area contributed by atoms with Crippen molar-refractivity contribution in [2.45, 2.75) is 84.5 Å². The molecule has 4 N–H and O–H groups in total. The van der Waals surface area contributed by atoms with Gasteiger partial charge in [0.1, 0.15) is 0 Å². The van der Waals surface area contributed by atoms with Gasteiger partial charge in [-0.05, 0) is 73.5 Å². The van der Waals surface area contributed by atoms with Crippen LogP contribution in [0.15, 0.2) is 18.2 Å². The molecular weight excluding hydrogens is 508 g/mol. The maximum Gasteiger partial charge on any atom is 0.223 e. The number of methoxy groups -OCH3 is 2. The average Bonchev–Trinajstić information content (AvgIpc) is 3.65. The van der Waals surface area contributed by atoms with Gasteiger partial charge in [0.2, 0.25) is 5.91 Å². The third kappa shape index (κ3) is 9.33. The van der Waals surface area contributed by atoms with Crippen LogP contribution in [0.1, 0.15) is 65.4 Å². The van der Waals surface area contributed by atoms with Crippen LogP contribution in [0.2, 0.25) is 0 Å². The molecule has 7 atom stereocenters. The molecule has 228 valence electrons. The first-order valence-electron chi connectivity index (χ1n) is 15.3. The zero-order valence-electron chi connectivity index (χ0n) is 25.6. The van der Waals surface area contributed by atoms with E-state index < -0.39 is 12.1 Å². The molecule has 1 heterocycles. The molecule has 0 aromatic heterocycles. The highest BCUT2D eigenvalue weighted by Gasteiger charge is 2.52. The van der Waals surface area contributed by atoms with E-state index in [4.69, 9.17) is 24.7 Å². The topological polar surface area (TPSA) is 112 Å². The summed E-state index contributed by atoms with van der Waals surface area (Å²) in [6, 6.07) is 5.65. The van der Waals surface area contributed by atoms with E-state index in [2.05, 4.69) is 25.2 Å². The molecule has 1 saturated carbocycles. The van der Waals surface area contributed by atoms with Crippen LogP contribution in [0.25, 0.3) is 0 Å². The zero-order chi connectivity index (χ0) is 29.2. The van der Waals surface area contributed by atoms with Gasteiger partial charge in [-0.2, -0.15) is 0 Å². The first-order valence-corrected chi connectivity index (χ1v) is 15.3. The van der Waals surface area contributed by atoms with Gasteiger partial charge < -0.3 is 35.1 Å². The molecule has 0 spiro atoms. The Morgan fingerprint density at radius 3 is 2.52 bits per heavy atom. The van der Waals surface area contributed by atoms with Crippen LogP contribution in [-0.2, 0) is 20.7 Å². The van der Waals surface area contributed by atoms with Crippen molar-refractivity contribution in [3.63, 3.8) is 0 Å². The monoisotopic (exact) mass is 562 g/mol. The Kier molecular flexibility index (Phi) is 13.0. The molecule has 2 aliphatic rings. The predicted molar refractivity (Wildman–Crippen MR) is 158 cm³/mol. The lowest BCUT2D eigenvalue weighted by Crippen LogP contribution is -2.43. The van der Waals surface area contributed by atoms with E-state index >= 15 is 0 Å². The molecule has 8 heteroatoms. The quantitative estimate of drug-likeness (QED) is 0.230. The zero-order valence-corrected chi connectivity index (χ0v) is 25.6. The van der Waals surface area contributed by atoms with Crippen LogP contribution in [0, 0.1) is 35.5 Å². The van der Waals surface area contributed by atoms with E-state index in [1.807, 2.05) is 26.0 Å². The number of carbonyl (C=O) groups is 1. The highest BCUT2D eigenvalue weighted by molar-refractivity contribution is 5.79. The first-order chi connectivity index (χ1) is 19.2. The fourth-order valence-electron chi connectivity index (χ4n) is 6.05. The molecule has 1 aromatic carbocycles. The van der Waals surface area contributed by atoms with E-state index in [1.165, 1.54) is 6.42 Å². The minimum atomic E-state index is -0.748. The van der Waals surface area contributed by atoms with Gasteiger partial charge in [-0.25, -0.2) is 0 Å². The summed E-state index contributed by atoms with van der Waals surface area (Å²) in [5.41, 5.74) is 7.73. The maximum absolute atomic E-state index is 13.1. The van der Waals surface area contributed by atoms with Gasteiger partial charge in [-0.1, -0.05) is 33.8 Å². The van der Waals surface area contributed by atoms with Gasteiger partial charge in [0.05, 0.1) is 25.9 Å². The summed E-state index contributed by atoms with van der Waals surface area (Å²) in [7, 11) is 3.33. The summed E-state index contributed by atoms with van der Waals surface area (Å²) < 4.78 is 22.4. The second-order valence-corrected chi connectivity index (χ2v) is 12.5. The molecule has 40 heavy (non-hydrogen) atoms. The molecule has 0 radical (unpaired) electrons. The summed E-state index contributed by atoms with van der Waals surface area (Å²) in [6.45, 7) is 11.2. The molecule has 3 rings (SSSR count). The molecule has 1 aliphatic carbocycles. The van der Waals surface area contributed by atoms with E-state index in [1.54, 1.807) is 14.2 Å². The highest BCUT2D eigenvalue weighted by Crippen LogP contribution is 2.47. The normalized spacial score (nSPS) is 23.3. The largest absolute Gasteiger partial charge is 0.493 e. The Morgan fingerprint density at radius 1 is 1.12 bits per heavy atom. The van der Waals surface area contributed by atoms with Gasteiger partial charge >= 0.3 is 0 Å². The number of benzene rings is 1. The fourth-order valence-corrected chi connectivity index (χ4v) is 6.05. The summed E-state index contributed by atoms with van der Waals surface area (Å²) >= 11 is 0. The van der Waals surface area contributed by atoms with Crippen molar-refractivity contribution in [2.75, 3.05) is 40.6 Å². The lowest BCUT2D eigenvalue weighted by molar-refractivity contribution is -0.127. The van der Waals surface area contributed by atoms with Crippen molar-refractivity contribution in [3.8, 4) is 11.5 Å². The first kappa shape index (κ1) is 32.6. The summed E-state index contributed by atoms with van der Waals surface area (Å²) in [5, 5.41) is 14.3. The van der Waals surface area contributed by atoms with E-state index in [0.717, 1.165) is 37.2 Å². The number of amides is 1. The second-order valence-electron chi connectivity index (χ2n) is 12.5. The van der Waals surface area contributed by atoms with Crippen LogP contribution in [0.5, 0.6) is 11.5 Å². The number of carbonyl (C=O) groups excluding carboxylic acids is 1. The smallest absolute Gasteiger partial charge is 0.223 e. The summed E-state index contributed by atoms with van der Waals surface area (Å²) in [6.07, 6.45) is 4.54. The summed E-state index contributed by atoms with van der Waals surface area (Å²) in [4.78, 5) is 13.1. The summed E-state index contributed by atoms with van der Waals surface area (Å²) in [5.74, 6) is 2.97. The van der Waals surface area contributed by atoms with Crippen molar-refractivity contribution in [2.24, 2.45) is 41.2 Å². The standard InChI is InChI=1S/C32H54N2O6/c1-20(2)23(15-22-10-11-29(38-6)30(16-22)39-14-8-12-37-5)17-27(33)28(35)18-25(21(3)4)32(36)34-19-26-24-9-7-13-40-31(24)26/h10-11,16,20-21,23-28,31,35H,7-9,12-15,17-19,33H2,1-6H3,(H,34,36). The molecule has 8 nitrogen and oxygen atoms in total. The Bertz CT molecular complexity index is 897. The maximum atomic E-state index is 13.1. The van der Waals surface area contributed by atoms with E-state index in [0.29, 0.717) is 62.2 Å². The Balaban J connectivity index is 1.54. The van der Waals surface area contributed by atoms with Crippen molar-refractivity contribution < 1.29 is 28.8 Å². The van der Waals surface area contributed by atoms with Gasteiger partial charge in [-0.3, -0.25) is 4.79 Å². The Morgan fingerprint density at radius 2 is 1.90 bits per heavy atom. The third-order valence-corrected chi connectivity index (χ3v) is 8.88. The van der Waals surface area contributed by atoms with Crippen LogP contribution in [0.4, 0.5) is 0 Å². The minimum Gasteiger partial charge on any atom is -0.493 e. The number of aliphatic hydroxyl groups excluding tert-OH is 1. The van der Waals surface area contributed by atoms with Crippen LogP contribution < -0.4 is 20.5 Å². The van der Waals surface area contributed by atoms with E-state index in [-0.39, 0.29) is 23.7 Å². The van der Waals surface area contributed by atoms with E-state index in [9.17, 15) is 9.90 Å². The van der Waals surface area contributed by atoms with Gasteiger partial charge in [0, 0.05) is 51.2 Å². The van der Waals surface area contributed by atoms with Gasteiger partial charge in [-0.15, -0.1) is 0 Å². The Labute approximate surface area is 241 Å². The number of hydrogen-bond acceptors (Lipinski definition) is 7. The number of hydrogen-bond donors (Lipinski definition) is 3. The van der Waals surface area contributed by atoms with Gasteiger partial charge in [0.25, 0.3) is 0 Å².